The summed E-state index contributed by atoms with van der Waals surface area (Å²) in [5.74, 6) is -0.441. The van der Waals surface area contributed by atoms with Crippen LogP contribution in [-0.4, -0.2) is 27.1 Å². The average Bonchev–Trinajstić information content (AvgIpc) is 3.15. The van der Waals surface area contributed by atoms with Gasteiger partial charge in [0.2, 0.25) is 11.8 Å². The summed E-state index contributed by atoms with van der Waals surface area (Å²) >= 11 is 0. The molecule has 2 aromatic heterocycles. The molecule has 1 aliphatic carbocycles. The molecule has 9 heteroatoms. The van der Waals surface area contributed by atoms with Gasteiger partial charge in [-0.25, -0.2) is 9.37 Å². The predicted molar refractivity (Wildman–Crippen MR) is 113 cm³/mol. The van der Waals surface area contributed by atoms with Gasteiger partial charge in [-0.3, -0.25) is 14.9 Å². The number of pyridine rings is 1. The van der Waals surface area contributed by atoms with E-state index in [0.29, 0.717) is 18.7 Å². The van der Waals surface area contributed by atoms with Crippen LogP contribution >= 0.6 is 0 Å². The number of nitrogens with zero attached hydrogens (tertiary/aromatic N) is 2. The highest BCUT2D eigenvalue weighted by molar-refractivity contribution is 5.91. The van der Waals surface area contributed by atoms with Crippen LogP contribution in [0.5, 0.6) is 0 Å². The molecule has 4 N–H and O–H groups in total. The fourth-order valence-electron chi connectivity index (χ4n) is 3.05. The molecular weight excluding hydrogens is 403 g/mol. The quantitative estimate of drug-likeness (QED) is 0.563. The number of carbonyl (C=O) groups excluding carboxylic acids is 1. The summed E-state index contributed by atoms with van der Waals surface area (Å²) in [7, 11) is 0. The zero-order valence-corrected chi connectivity index (χ0v) is 17.0. The molecule has 31 heavy (non-hydrogen) atoms. The number of carboxylic acids is 1. The molecule has 8 nitrogen and oxygen atoms in total. The van der Waals surface area contributed by atoms with Gasteiger partial charge in [0.05, 0.1) is 6.42 Å². The monoisotopic (exact) mass is 426 g/mol. The summed E-state index contributed by atoms with van der Waals surface area (Å²) in [6.07, 6.45) is 3.62. The third-order valence-electron chi connectivity index (χ3n) is 4.82. The minimum Gasteiger partial charge on any atom is -0.481 e. The molecule has 162 valence electrons. The highest BCUT2D eigenvalue weighted by Gasteiger charge is 2.41. The van der Waals surface area contributed by atoms with Crippen molar-refractivity contribution < 1.29 is 23.6 Å². The number of nitrogens with two attached hydrogens (primary N) is 1. The number of nitrogens with one attached hydrogen (secondary N) is 1. The second-order valence-corrected chi connectivity index (χ2v) is 7.31. The van der Waals surface area contributed by atoms with Crippen molar-refractivity contribution in [1.29, 1.82) is 0 Å². The Morgan fingerprint density at radius 1 is 1.19 bits per heavy atom. The maximum Gasteiger partial charge on any atom is 0.300 e. The number of benzene rings is 1. The van der Waals surface area contributed by atoms with Gasteiger partial charge in [0, 0.05) is 24.8 Å². The zero-order chi connectivity index (χ0) is 22.4. The van der Waals surface area contributed by atoms with E-state index in [2.05, 4.69) is 15.5 Å². The third-order valence-corrected chi connectivity index (χ3v) is 4.82. The number of anilines is 2. The Balaban J connectivity index is 0.000000628. The van der Waals surface area contributed by atoms with Gasteiger partial charge >= 0.3 is 0 Å². The third kappa shape index (κ3) is 5.88. The van der Waals surface area contributed by atoms with Crippen LogP contribution in [0.2, 0.25) is 0 Å². The predicted octanol–water partition coefficient (Wildman–Crippen LogP) is 3.94. The lowest BCUT2D eigenvalue weighted by Gasteiger charge is -2.31. The molecule has 2 heterocycles. The summed E-state index contributed by atoms with van der Waals surface area (Å²) in [6, 6.07) is 12.7. The largest absolute Gasteiger partial charge is 0.481 e. The number of amides is 1. The number of carboxylic acid groups (broad SMARTS) is 1. The van der Waals surface area contributed by atoms with Crippen molar-refractivity contribution in [3.63, 3.8) is 0 Å². The highest BCUT2D eigenvalue weighted by atomic mass is 19.1. The van der Waals surface area contributed by atoms with E-state index in [-0.39, 0.29) is 23.9 Å². The number of halogens is 1. The standard InChI is InChI=1S/C20H19FN4O2.C2H4O2/c21-20(8-1-9-20)16-11-19(27-25-16)24-18(26)10-13-2-4-14(5-3-13)15-6-7-17(22)23-12-15;1-2(3)4/h2-7,11-12H,1,8-10H2,(H2,22,23)(H,24,26);1H3,(H,3,4). The fourth-order valence-corrected chi connectivity index (χ4v) is 3.05. The van der Waals surface area contributed by atoms with Crippen LogP contribution in [0.3, 0.4) is 0 Å². The smallest absolute Gasteiger partial charge is 0.300 e. The topological polar surface area (TPSA) is 131 Å². The Hall–Kier alpha value is -3.75. The van der Waals surface area contributed by atoms with Gasteiger partial charge in [-0.1, -0.05) is 29.4 Å². The summed E-state index contributed by atoms with van der Waals surface area (Å²) < 4.78 is 19.3. The van der Waals surface area contributed by atoms with Crippen molar-refractivity contribution >= 4 is 23.6 Å². The van der Waals surface area contributed by atoms with Gasteiger partial charge in [-0.15, -0.1) is 0 Å². The zero-order valence-electron chi connectivity index (χ0n) is 17.0. The van der Waals surface area contributed by atoms with E-state index in [0.717, 1.165) is 30.0 Å². The molecule has 4 rings (SSSR count). The summed E-state index contributed by atoms with van der Waals surface area (Å²) in [4.78, 5) is 25.3. The Bertz CT molecular complexity index is 1040. The summed E-state index contributed by atoms with van der Waals surface area (Å²) in [5, 5.41) is 13.8. The first-order valence-corrected chi connectivity index (χ1v) is 9.71. The number of alkyl halides is 1. The molecule has 1 aromatic carbocycles. The first-order valence-electron chi connectivity index (χ1n) is 9.71. The van der Waals surface area contributed by atoms with Gasteiger partial charge in [0.1, 0.15) is 11.5 Å². The highest BCUT2D eigenvalue weighted by Crippen LogP contribution is 2.44. The van der Waals surface area contributed by atoms with E-state index in [1.54, 1.807) is 12.3 Å². The number of nitrogen functional groups attached to an aromatic ring is 1. The number of aliphatic carboxylic acids is 1. The molecule has 1 aliphatic rings. The van der Waals surface area contributed by atoms with Gasteiger partial charge in [0.15, 0.2) is 5.67 Å². The molecule has 1 fully saturated rings. The Kier molecular flexibility index (Phi) is 6.64. The Labute approximate surface area is 178 Å². The van der Waals surface area contributed by atoms with E-state index in [9.17, 15) is 9.18 Å². The molecule has 0 saturated heterocycles. The lowest BCUT2D eigenvalue weighted by Crippen LogP contribution is -2.28. The van der Waals surface area contributed by atoms with Gasteiger partial charge < -0.3 is 15.4 Å². The van der Waals surface area contributed by atoms with Crippen molar-refractivity contribution in [2.75, 3.05) is 11.1 Å². The van der Waals surface area contributed by atoms with Gasteiger partial charge in [0.25, 0.3) is 5.97 Å². The van der Waals surface area contributed by atoms with Crippen LogP contribution in [0.4, 0.5) is 16.1 Å². The lowest BCUT2D eigenvalue weighted by atomic mass is 9.80. The van der Waals surface area contributed by atoms with E-state index >= 15 is 0 Å². The summed E-state index contributed by atoms with van der Waals surface area (Å²) in [6.45, 7) is 1.08. The van der Waals surface area contributed by atoms with Crippen LogP contribution in [-0.2, 0) is 21.7 Å². The molecule has 0 spiro atoms. The van der Waals surface area contributed by atoms with Crippen LogP contribution in [0.25, 0.3) is 11.1 Å². The fraction of sp³-hybridized carbons (Fsp3) is 0.273. The molecule has 0 atom stereocenters. The molecule has 0 unspecified atom stereocenters. The molecule has 0 aliphatic heterocycles. The maximum absolute atomic E-state index is 14.3. The van der Waals surface area contributed by atoms with Crippen LogP contribution in [0.15, 0.2) is 53.2 Å². The normalized spacial score (nSPS) is 14.0. The molecule has 1 amide bonds. The molecule has 3 aromatic rings. The van der Waals surface area contributed by atoms with Crippen molar-refractivity contribution in [3.8, 4) is 11.1 Å². The number of aromatic nitrogens is 2. The van der Waals surface area contributed by atoms with E-state index in [4.69, 9.17) is 20.2 Å². The minimum atomic E-state index is -1.40. The molecular formula is C22H23FN4O4. The van der Waals surface area contributed by atoms with Crippen molar-refractivity contribution in [2.24, 2.45) is 0 Å². The Morgan fingerprint density at radius 3 is 2.39 bits per heavy atom. The minimum absolute atomic E-state index is 0.170. The SMILES string of the molecule is CC(=O)O.Nc1ccc(-c2ccc(CC(=O)Nc3cc(C4(F)CCC4)no3)cc2)cn1. The van der Waals surface area contributed by atoms with Crippen molar-refractivity contribution in [3.05, 3.63) is 59.9 Å². The number of carbonyl (C=O) groups is 2. The molecule has 0 radical (unpaired) electrons. The van der Waals surface area contributed by atoms with Crippen molar-refractivity contribution in [2.45, 2.75) is 38.3 Å². The number of rotatable bonds is 5. The van der Waals surface area contributed by atoms with Crippen LogP contribution < -0.4 is 11.1 Å². The molecule has 1 saturated carbocycles. The second-order valence-electron chi connectivity index (χ2n) is 7.31. The van der Waals surface area contributed by atoms with Crippen LogP contribution in [0.1, 0.15) is 37.4 Å². The summed E-state index contributed by atoms with van der Waals surface area (Å²) in [5.41, 5.74) is 7.23. The van der Waals surface area contributed by atoms with E-state index in [1.165, 1.54) is 6.07 Å². The first-order chi connectivity index (χ1) is 14.7. The Morgan fingerprint density at radius 2 is 1.84 bits per heavy atom. The van der Waals surface area contributed by atoms with Crippen LogP contribution in [0, 0.1) is 0 Å². The average molecular weight is 426 g/mol. The van der Waals surface area contributed by atoms with E-state index < -0.39 is 11.6 Å². The van der Waals surface area contributed by atoms with E-state index in [1.807, 2.05) is 30.3 Å². The first kappa shape index (κ1) is 21.9. The van der Waals surface area contributed by atoms with Gasteiger partial charge in [-0.05, 0) is 42.5 Å². The lowest BCUT2D eigenvalue weighted by molar-refractivity contribution is -0.134. The second kappa shape index (κ2) is 9.38. The van der Waals surface area contributed by atoms with Crippen molar-refractivity contribution in [1.82, 2.24) is 10.1 Å². The number of hydrogen-bond donors (Lipinski definition) is 3. The molecule has 0 bridgehead atoms. The number of hydrogen-bond acceptors (Lipinski definition) is 6. The van der Waals surface area contributed by atoms with Gasteiger partial charge in [-0.2, -0.15) is 0 Å². The maximum atomic E-state index is 14.3.